The third-order valence-electron chi connectivity index (χ3n) is 4.63. The highest BCUT2D eigenvalue weighted by atomic mass is 16.2. The molecule has 0 bridgehead atoms. The molecule has 1 aliphatic carbocycles. The highest BCUT2D eigenvalue weighted by Crippen LogP contribution is 2.28. The Morgan fingerprint density at radius 2 is 2.20 bits per heavy atom. The van der Waals surface area contributed by atoms with Gasteiger partial charge in [0, 0.05) is 25.7 Å². The summed E-state index contributed by atoms with van der Waals surface area (Å²) in [4.78, 5) is 18.6. The van der Waals surface area contributed by atoms with Crippen LogP contribution in [0.3, 0.4) is 0 Å². The summed E-state index contributed by atoms with van der Waals surface area (Å²) in [6.07, 6.45) is 8.58. The zero-order valence-electron chi connectivity index (χ0n) is 11.8. The molecular weight excluding hydrogens is 254 g/mol. The normalized spacial score (nSPS) is 30.6. The van der Waals surface area contributed by atoms with Crippen molar-refractivity contribution >= 4 is 5.91 Å². The average Bonchev–Trinajstić information content (AvgIpc) is 3.10. The van der Waals surface area contributed by atoms with Gasteiger partial charge in [-0.3, -0.25) is 9.48 Å². The topological polar surface area (TPSA) is 77.0 Å². The Balaban J connectivity index is 1.58. The lowest BCUT2D eigenvalue weighted by atomic mass is 9.95. The van der Waals surface area contributed by atoms with E-state index in [4.69, 9.17) is 5.73 Å². The molecule has 1 amide bonds. The van der Waals surface area contributed by atoms with Crippen molar-refractivity contribution in [2.45, 2.75) is 44.7 Å². The Bertz CT molecular complexity index is 446. The SMILES string of the molecule is N[C@@H]1CCC[C@H]1C(=O)N1CCC[C@@H](Cn2cncn2)C1. The lowest BCUT2D eigenvalue weighted by Crippen LogP contribution is -2.46. The molecular formula is C14H23N5O. The molecule has 6 nitrogen and oxygen atoms in total. The van der Waals surface area contributed by atoms with Crippen LogP contribution in [0.2, 0.25) is 0 Å². The number of carbonyl (C=O) groups excluding carboxylic acids is 1. The molecule has 2 N–H and O–H groups in total. The van der Waals surface area contributed by atoms with E-state index in [-0.39, 0.29) is 17.9 Å². The van der Waals surface area contributed by atoms with Crippen molar-refractivity contribution in [1.82, 2.24) is 19.7 Å². The molecule has 1 aliphatic heterocycles. The fourth-order valence-electron chi connectivity index (χ4n) is 3.54. The molecule has 0 aromatic carbocycles. The number of amides is 1. The van der Waals surface area contributed by atoms with Gasteiger partial charge in [-0.15, -0.1) is 0 Å². The second-order valence-corrected chi connectivity index (χ2v) is 6.11. The largest absolute Gasteiger partial charge is 0.342 e. The quantitative estimate of drug-likeness (QED) is 0.879. The molecule has 1 aromatic heterocycles. The van der Waals surface area contributed by atoms with Gasteiger partial charge in [-0.05, 0) is 31.6 Å². The molecule has 2 heterocycles. The van der Waals surface area contributed by atoms with Crippen LogP contribution >= 0.6 is 0 Å². The minimum atomic E-state index is 0.0557. The molecule has 1 saturated heterocycles. The number of nitrogens with zero attached hydrogens (tertiary/aromatic N) is 4. The molecule has 0 radical (unpaired) electrons. The van der Waals surface area contributed by atoms with Crippen molar-refractivity contribution in [3.8, 4) is 0 Å². The summed E-state index contributed by atoms with van der Waals surface area (Å²) in [7, 11) is 0. The lowest BCUT2D eigenvalue weighted by molar-refractivity contribution is -0.137. The van der Waals surface area contributed by atoms with Crippen LogP contribution in [0.1, 0.15) is 32.1 Å². The van der Waals surface area contributed by atoms with Crippen LogP contribution in [0.15, 0.2) is 12.7 Å². The second-order valence-electron chi connectivity index (χ2n) is 6.11. The van der Waals surface area contributed by atoms with Gasteiger partial charge in [0.25, 0.3) is 0 Å². The van der Waals surface area contributed by atoms with E-state index < -0.39 is 0 Å². The maximum Gasteiger partial charge on any atom is 0.227 e. The van der Waals surface area contributed by atoms with Crippen molar-refractivity contribution < 1.29 is 4.79 Å². The second kappa shape index (κ2) is 5.91. The number of likely N-dealkylation sites (tertiary alicyclic amines) is 1. The van der Waals surface area contributed by atoms with Crippen LogP contribution in [-0.2, 0) is 11.3 Å². The van der Waals surface area contributed by atoms with Gasteiger partial charge in [-0.25, -0.2) is 4.98 Å². The Labute approximate surface area is 119 Å². The summed E-state index contributed by atoms with van der Waals surface area (Å²) in [5.74, 6) is 0.811. The van der Waals surface area contributed by atoms with Gasteiger partial charge in [0.1, 0.15) is 12.7 Å². The summed E-state index contributed by atoms with van der Waals surface area (Å²) >= 11 is 0. The number of aromatic nitrogens is 3. The molecule has 110 valence electrons. The molecule has 2 aliphatic rings. The number of rotatable bonds is 3. The van der Waals surface area contributed by atoms with Crippen LogP contribution in [0.5, 0.6) is 0 Å². The maximum absolute atomic E-state index is 12.6. The van der Waals surface area contributed by atoms with E-state index in [1.54, 1.807) is 12.7 Å². The van der Waals surface area contributed by atoms with Gasteiger partial charge >= 0.3 is 0 Å². The molecule has 2 fully saturated rings. The van der Waals surface area contributed by atoms with Crippen molar-refractivity contribution in [2.75, 3.05) is 13.1 Å². The van der Waals surface area contributed by atoms with Crippen LogP contribution < -0.4 is 5.73 Å². The Kier molecular flexibility index (Phi) is 4.00. The number of hydrogen-bond acceptors (Lipinski definition) is 4. The molecule has 3 atom stereocenters. The average molecular weight is 277 g/mol. The summed E-state index contributed by atoms with van der Waals surface area (Å²) in [5, 5.41) is 4.15. The van der Waals surface area contributed by atoms with E-state index in [1.807, 2.05) is 9.58 Å². The zero-order valence-corrected chi connectivity index (χ0v) is 11.8. The Morgan fingerprint density at radius 1 is 1.30 bits per heavy atom. The standard InChI is InChI=1S/C14H23N5O/c15-13-5-1-4-12(13)14(20)18-6-2-3-11(7-18)8-19-10-16-9-17-19/h9-13H,1-8,15H2/t11-,12-,13-/m1/s1. The fraction of sp³-hybridized carbons (Fsp3) is 0.786. The van der Waals surface area contributed by atoms with Crippen LogP contribution in [0.4, 0.5) is 0 Å². The first-order chi connectivity index (χ1) is 9.74. The molecule has 6 heteroatoms. The van der Waals surface area contributed by atoms with Crippen molar-refractivity contribution in [3.05, 3.63) is 12.7 Å². The van der Waals surface area contributed by atoms with Gasteiger partial charge in [0.2, 0.25) is 5.91 Å². The van der Waals surface area contributed by atoms with E-state index in [2.05, 4.69) is 10.1 Å². The molecule has 0 spiro atoms. The number of nitrogens with two attached hydrogens (primary N) is 1. The first-order valence-corrected chi connectivity index (χ1v) is 7.61. The van der Waals surface area contributed by atoms with Crippen LogP contribution in [-0.4, -0.2) is 44.7 Å². The Hall–Kier alpha value is -1.43. The lowest BCUT2D eigenvalue weighted by Gasteiger charge is -2.35. The number of hydrogen-bond donors (Lipinski definition) is 1. The van der Waals surface area contributed by atoms with E-state index in [9.17, 15) is 4.79 Å². The van der Waals surface area contributed by atoms with Crippen molar-refractivity contribution in [1.29, 1.82) is 0 Å². The third kappa shape index (κ3) is 2.85. The highest BCUT2D eigenvalue weighted by Gasteiger charge is 2.35. The summed E-state index contributed by atoms with van der Waals surface area (Å²) in [6, 6.07) is 0.0678. The van der Waals surface area contributed by atoms with E-state index in [0.29, 0.717) is 5.92 Å². The minimum absolute atomic E-state index is 0.0557. The highest BCUT2D eigenvalue weighted by molar-refractivity contribution is 5.80. The summed E-state index contributed by atoms with van der Waals surface area (Å²) in [6.45, 7) is 2.57. The zero-order chi connectivity index (χ0) is 13.9. The fourth-order valence-corrected chi connectivity index (χ4v) is 3.54. The van der Waals surface area contributed by atoms with Crippen LogP contribution in [0.25, 0.3) is 0 Å². The molecule has 0 unspecified atom stereocenters. The predicted molar refractivity (Wildman–Crippen MR) is 74.6 cm³/mol. The van der Waals surface area contributed by atoms with Crippen LogP contribution in [0, 0.1) is 11.8 Å². The number of piperidine rings is 1. The predicted octanol–water partition coefficient (Wildman–Crippen LogP) is 0.644. The van der Waals surface area contributed by atoms with E-state index in [1.165, 1.54) is 0 Å². The summed E-state index contributed by atoms with van der Waals surface area (Å²) < 4.78 is 1.86. The van der Waals surface area contributed by atoms with E-state index in [0.717, 1.165) is 51.7 Å². The summed E-state index contributed by atoms with van der Waals surface area (Å²) in [5.41, 5.74) is 6.06. The van der Waals surface area contributed by atoms with Gasteiger partial charge in [-0.1, -0.05) is 6.42 Å². The Morgan fingerprint density at radius 3 is 2.90 bits per heavy atom. The van der Waals surface area contributed by atoms with Gasteiger partial charge in [0.15, 0.2) is 0 Å². The third-order valence-corrected chi connectivity index (χ3v) is 4.63. The number of carbonyl (C=O) groups is 1. The smallest absolute Gasteiger partial charge is 0.227 e. The van der Waals surface area contributed by atoms with E-state index >= 15 is 0 Å². The molecule has 1 saturated carbocycles. The van der Waals surface area contributed by atoms with Crippen molar-refractivity contribution in [3.63, 3.8) is 0 Å². The van der Waals surface area contributed by atoms with Crippen molar-refractivity contribution in [2.24, 2.45) is 17.6 Å². The monoisotopic (exact) mass is 277 g/mol. The molecule has 3 rings (SSSR count). The molecule has 20 heavy (non-hydrogen) atoms. The first kappa shape index (κ1) is 13.5. The maximum atomic E-state index is 12.6. The van der Waals surface area contributed by atoms with Gasteiger partial charge < -0.3 is 10.6 Å². The van der Waals surface area contributed by atoms with Gasteiger partial charge in [0.05, 0.1) is 5.92 Å². The molecule has 1 aromatic rings. The van der Waals surface area contributed by atoms with Gasteiger partial charge in [-0.2, -0.15) is 5.10 Å². The minimum Gasteiger partial charge on any atom is -0.342 e. The first-order valence-electron chi connectivity index (χ1n) is 7.61.